The zero-order valence-corrected chi connectivity index (χ0v) is 21.4. The molecular weight excluding hydrogens is 515 g/mol. The first-order valence-electron chi connectivity index (χ1n) is 11.7. The fourth-order valence-electron chi connectivity index (χ4n) is 4.13. The number of carbonyl (C=O) groups is 2. The average molecular weight is 541 g/mol. The predicted molar refractivity (Wildman–Crippen MR) is 144 cm³/mol. The third kappa shape index (κ3) is 6.69. The van der Waals surface area contributed by atoms with Crippen molar-refractivity contribution in [1.82, 2.24) is 19.8 Å². The van der Waals surface area contributed by atoms with Gasteiger partial charge in [-0.05, 0) is 23.8 Å². The summed E-state index contributed by atoms with van der Waals surface area (Å²) in [6.07, 6.45) is 3.29. The highest BCUT2D eigenvalue weighted by atomic mass is 35.5. The van der Waals surface area contributed by atoms with Crippen molar-refractivity contribution in [2.75, 3.05) is 25.0 Å². The Hall–Kier alpha value is -3.82. The van der Waals surface area contributed by atoms with E-state index in [-0.39, 0.29) is 29.9 Å². The molecule has 37 heavy (non-hydrogen) atoms. The number of amides is 2. The molecule has 1 fully saturated rings. The second-order valence-electron chi connectivity index (χ2n) is 8.51. The van der Waals surface area contributed by atoms with Crippen molar-refractivity contribution in [1.29, 1.82) is 0 Å². The van der Waals surface area contributed by atoms with Crippen LogP contribution in [0.15, 0.2) is 77.1 Å². The molecular formula is C26H26Cl2N6O3. The van der Waals surface area contributed by atoms with Crippen molar-refractivity contribution in [3.63, 3.8) is 0 Å². The van der Waals surface area contributed by atoms with Crippen LogP contribution in [0.4, 0.5) is 5.69 Å². The number of nitrogens with zero attached hydrogens (tertiary/aromatic N) is 3. The summed E-state index contributed by atoms with van der Waals surface area (Å²) in [6.45, 7) is 1.01. The molecule has 1 aromatic heterocycles. The lowest BCUT2D eigenvalue weighted by Crippen LogP contribution is -2.42. The van der Waals surface area contributed by atoms with E-state index in [1.807, 2.05) is 30.3 Å². The number of benzene rings is 2. The van der Waals surface area contributed by atoms with Crippen LogP contribution in [0.3, 0.4) is 0 Å². The van der Waals surface area contributed by atoms with Gasteiger partial charge in [-0.15, -0.1) is 0 Å². The highest BCUT2D eigenvalue weighted by Gasteiger charge is 2.29. The number of halogens is 2. The summed E-state index contributed by atoms with van der Waals surface area (Å²) in [5.41, 5.74) is 7.53. The van der Waals surface area contributed by atoms with Gasteiger partial charge in [0.2, 0.25) is 11.8 Å². The van der Waals surface area contributed by atoms with E-state index in [4.69, 9.17) is 28.9 Å². The summed E-state index contributed by atoms with van der Waals surface area (Å²) in [6, 6.07) is 15.1. The van der Waals surface area contributed by atoms with Crippen molar-refractivity contribution in [2.45, 2.75) is 18.9 Å². The number of anilines is 1. The van der Waals surface area contributed by atoms with Crippen molar-refractivity contribution < 1.29 is 9.59 Å². The summed E-state index contributed by atoms with van der Waals surface area (Å²) in [4.78, 5) is 45.0. The molecule has 0 radical (unpaired) electrons. The minimum atomic E-state index is -0.833. The maximum atomic E-state index is 13.7. The monoisotopic (exact) mass is 540 g/mol. The molecule has 3 aromatic rings. The largest absolute Gasteiger partial charge is 0.388 e. The van der Waals surface area contributed by atoms with Crippen molar-refractivity contribution >= 4 is 40.7 Å². The second kappa shape index (κ2) is 11.9. The Morgan fingerprint density at radius 2 is 1.95 bits per heavy atom. The van der Waals surface area contributed by atoms with Crippen LogP contribution >= 0.6 is 23.2 Å². The fraction of sp³-hybridized carbons (Fsp3) is 0.231. The van der Waals surface area contributed by atoms with E-state index < -0.39 is 11.6 Å². The lowest BCUT2D eigenvalue weighted by molar-refractivity contribution is -0.134. The van der Waals surface area contributed by atoms with Crippen molar-refractivity contribution in [3.8, 4) is 11.3 Å². The molecule has 2 aromatic carbocycles. The molecule has 1 aliphatic rings. The summed E-state index contributed by atoms with van der Waals surface area (Å²) in [5, 5.41) is 6.26. The Balaban J connectivity index is 1.71. The van der Waals surface area contributed by atoms with Gasteiger partial charge >= 0.3 is 0 Å². The van der Waals surface area contributed by atoms with Gasteiger partial charge in [0.1, 0.15) is 11.2 Å². The molecule has 9 nitrogen and oxygen atoms in total. The Kier molecular flexibility index (Phi) is 8.47. The quantitative estimate of drug-likeness (QED) is 0.396. The van der Waals surface area contributed by atoms with Crippen LogP contribution in [0.1, 0.15) is 18.0 Å². The zero-order chi connectivity index (χ0) is 26.4. The van der Waals surface area contributed by atoms with Crippen LogP contribution in [0.5, 0.6) is 0 Å². The third-order valence-corrected chi connectivity index (χ3v) is 6.32. The highest BCUT2D eigenvalue weighted by Crippen LogP contribution is 2.29. The van der Waals surface area contributed by atoms with Gasteiger partial charge in [0.25, 0.3) is 5.56 Å². The molecule has 2 heterocycles. The molecule has 1 aliphatic heterocycles. The van der Waals surface area contributed by atoms with Crippen LogP contribution in [0.25, 0.3) is 11.3 Å². The lowest BCUT2D eigenvalue weighted by Gasteiger charge is -2.27. The van der Waals surface area contributed by atoms with Crippen LogP contribution < -0.4 is 21.9 Å². The van der Waals surface area contributed by atoms with Crippen LogP contribution in [-0.2, 0) is 16.0 Å². The summed E-state index contributed by atoms with van der Waals surface area (Å²) in [7, 11) is 0. The van der Waals surface area contributed by atoms with Gasteiger partial charge in [0, 0.05) is 61.0 Å². The van der Waals surface area contributed by atoms with Gasteiger partial charge in [-0.25, -0.2) is 4.98 Å². The van der Waals surface area contributed by atoms with Gasteiger partial charge in [0.15, 0.2) is 0 Å². The minimum absolute atomic E-state index is 0.0527. The summed E-state index contributed by atoms with van der Waals surface area (Å²) in [5.74, 6) is -0.348. The maximum absolute atomic E-state index is 13.7. The molecule has 11 heteroatoms. The van der Waals surface area contributed by atoms with Crippen molar-refractivity contribution in [2.24, 2.45) is 5.73 Å². The topological polar surface area (TPSA) is 122 Å². The minimum Gasteiger partial charge on any atom is -0.388 e. The van der Waals surface area contributed by atoms with E-state index in [1.54, 1.807) is 23.1 Å². The maximum Gasteiger partial charge on any atom is 0.254 e. The van der Waals surface area contributed by atoms with Gasteiger partial charge in [-0.3, -0.25) is 19.0 Å². The number of nitrogens with one attached hydrogen (secondary N) is 2. The van der Waals surface area contributed by atoms with E-state index in [9.17, 15) is 14.4 Å². The average Bonchev–Trinajstić information content (AvgIpc) is 3.11. The lowest BCUT2D eigenvalue weighted by atomic mass is 10.0. The normalized spacial score (nSPS) is 15.0. The number of hydrogen-bond donors (Lipinski definition) is 3. The molecule has 0 spiro atoms. The molecule has 0 aliphatic carbocycles. The van der Waals surface area contributed by atoms with E-state index >= 15 is 0 Å². The predicted octanol–water partition coefficient (Wildman–Crippen LogP) is 3.10. The van der Waals surface area contributed by atoms with E-state index in [2.05, 4.69) is 15.6 Å². The molecule has 0 saturated carbocycles. The van der Waals surface area contributed by atoms with E-state index in [1.165, 1.54) is 23.2 Å². The Bertz CT molecular complexity index is 1370. The summed E-state index contributed by atoms with van der Waals surface area (Å²) < 4.78 is 1.34. The summed E-state index contributed by atoms with van der Waals surface area (Å²) >= 11 is 11.9. The number of carbonyl (C=O) groups excluding carboxylic acids is 2. The first kappa shape index (κ1) is 26.2. The van der Waals surface area contributed by atoms with Crippen molar-refractivity contribution in [3.05, 3.63) is 93.2 Å². The molecule has 1 unspecified atom stereocenters. The van der Waals surface area contributed by atoms with E-state index in [0.29, 0.717) is 41.5 Å². The number of nitrogens with two attached hydrogens (primary N) is 1. The van der Waals surface area contributed by atoms with E-state index in [0.717, 1.165) is 5.56 Å². The van der Waals surface area contributed by atoms with Gasteiger partial charge in [-0.2, -0.15) is 0 Å². The zero-order valence-electron chi connectivity index (χ0n) is 19.9. The molecule has 2 amide bonds. The molecule has 1 atom stereocenters. The Labute approximate surface area is 223 Å². The van der Waals surface area contributed by atoms with Gasteiger partial charge in [0.05, 0.1) is 12.0 Å². The molecule has 1 saturated heterocycles. The first-order chi connectivity index (χ1) is 17.8. The number of rotatable bonds is 7. The Morgan fingerprint density at radius 3 is 2.68 bits per heavy atom. The second-order valence-corrected chi connectivity index (χ2v) is 9.39. The number of hydrogen-bond acceptors (Lipinski definition) is 6. The van der Waals surface area contributed by atoms with Crippen LogP contribution in [-0.4, -0.2) is 45.9 Å². The van der Waals surface area contributed by atoms with Gasteiger partial charge < -0.3 is 21.3 Å². The molecule has 0 bridgehead atoms. The molecule has 4 rings (SSSR count). The highest BCUT2D eigenvalue weighted by molar-refractivity contribution is 6.31. The molecule has 192 valence electrons. The number of aromatic nitrogens is 2. The third-order valence-electron chi connectivity index (χ3n) is 5.98. The van der Waals surface area contributed by atoms with Crippen LogP contribution in [0.2, 0.25) is 5.02 Å². The Morgan fingerprint density at radius 1 is 1.16 bits per heavy atom. The van der Waals surface area contributed by atoms with Gasteiger partial charge in [-0.1, -0.05) is 53.5 Å². The smallest absolute Gasteiger partial charge is 0.254 e. The first-order valence-corrected chi connectivity index (χ1v) is 12.4. The molecule has 4 N–H and O–H groups in total. The SMILES string of the molecule is N/C(Cl)=C\Nc1ccc(Cl)cc1-c1cc(=O)n(C(Cc2ccccc2)C(=O)N2CCNC(=O)CC2)cn1. The van der Waals surface area contributed by atoms with Crippen LogP contribution in [0, 0.1) is 0 Å². The standard InChI is InChI=1S/C26H26Cl2N6O3/c27-18-6-7-20(31-15-23(28)29)19(13-18)21-14-25(36)34(16-32-21)22(12-17-4-2-1-3-5-17)26(37)33-10-8-24(35)30-9-11-33/h1-7,13-16,22,31H,8-12,29H2,(H,30,35)/b23-15-. The fourth-order valence-corrected chi connectivity index (χ4v) is 4.36.